The molecule has 6 rings (SSSR count). The molecule has 0 saturated heterocycles. The smallest absolute Gasteiger partial charge is 0.254 e. The number of nitrogens with zero attached hydrogens (tertiary/aromatic N) is 2. The molecule has 0 radical (unpaired) electrons. The molecule has 1 aliphatic heterocycles. The Bertz CT molecular complexity index is 1630. The minimum Gasteiger partial charge on any atom is -0.393 e. The lowest BCUT2D eigenvalue weighted by Crippen LogP contribution is -2.43. The predicted octanol–water partition coefficient (Wildman–Crippen LogP) is 2.86. The van der Waals surface area contributed by atoms with Gasteiger partial charge in [0.25, 0.3) is 5.56 Å². The first kappa shape index (κ1) is 24.9. The summed E-state index contributed by atoms with van der Waals surface area (Å²) in [4.78, 5) is 43.9. The second kappa shape index (κ2) is 8.54. The Hall–Kier alpha value is -3.43. The number of fused-ring (bicyclic) bond motifs is 5. The number of carbonyl (C=O) groups is 2. The van der Waals surface area contributed by atoms with Crippen molar-refractivity contribution in [2.24, 2.45) is 0 Å². The lowest BCUT2D eigenvalue weighted by Gasteiger charge is -2.32. The molecule has 8 nitrogen and oxygen atoms in total. The van der Waals surface area contributed by atoms with Crippen LogP contribution in [0.1, 0.15) is 79.0 Å². The van der Waals surface area contributed by atoms with E-state index in [1.807, 2.05) is 0 Å². The van der Waals surface area contributed by atoms with Crippen molar-refractivity contribution in [3.05, 3.63) is 61.7 Å². The maximum absolute atomic E-state index is 15.0. The van der Waals surface area contributed by atoms with E-state index in [9.17, 15) is 29.0 Å². The van der Waals surface area contributed by atoms with Crippen molar-refractivity contribution < 1.29 is 24.2 Å². The van der Waals surface area contributed by atoms with E-state index in [4.69, 9.17) is 4.98 Å². The standard InChI is InChI=1S/C29H30FN3O5/c1-4-29(38)18-10-22-27-17(12-33(22)28(37)16(18)6-8-23(29)35)26-20(31-24(36)9-13(2)34)7-5-15-14(3)19(30)11-21(32-27)25(15)26/h10-11,13,20,34,38H,4-9,12H2,1-3H3,(H,31,36)/t13?,20-,29-/m0/s1. The summed E-state index contributed by atoms with van der Waals surface area (Å²) in [6, 6.07) is 2.69. The number of Topliss-reactive ketones (excluding diaryl/α,β-unsaturated/α-hetero) is 1. The molecule has 1 aromatic carbocycles. The quantitative estimate of drug-likeness (QED) is 0.381. The maximum Gasteiger partial charge on any atom is 0.254 e. The van der Waals surface area contributed by atoms with Crippen molar-refractivity contribution in [3.63, 3.8) is 0 Å². The Morgan fingerprint density at radius 1 is 1.24 bits per heavy atom. The van der Waals surface area contributed by atoms with Crippen LogP contribution < -0.4 is 10.9 Å². The summed E-state index contributed by atoms with van der Waals surface area (Å²) < 4.78 is 16.6. The van der Waals surface area contributed by atoms with Crippen LogP contribution in [0.2, 0.25) is 0 Å². The number of aromatic nitrogens is 2. The third-order valence-electron chi connectivity index (χ3n) is 8.57. The third kappa shape index (κ3) is 3.41. The van der Waals surface area contributed by atoms with E-state index < -0.39 is 17.7 Å². The van der Waals surface area contributed by atoms with Crippen molar-refractivity contribution in [1.29, 1.82) is 0 Å². The predicted molar refractivity (Wildman–Crippen MR) is 138 cm³/mol. The fraction of sp³-hybridized carbons (Fsp3) is 0.448. The molecule has 3 heterocycles. The molecule has 2 aliphatic carbocycles. The Morgan fingerprint density at radius 3 is 2.71 bits per heavy atom. The summed E-state index contributed by atoms with van der Waals surface area (Å²) in [6.07, 6.45) is 0.778. The minimum absolute atomic E-state index is 0.0434. The summed E-state index contributed by atoms with van der Waals surface area (Å²) in [5.41, 5.74) is 3.16. The Morgan fingerprint density at radius 2 is 2.00 bits per heavy atom. The first-order valence-corrected chi connectivity index (χ1v) is 13.2. The van der Waals surface area contributed by atoms with Crippen LogP contribution in [-0.4, -0.2) is 37.6 Å². The van der Waals surface area contributed by atoms with Gasteiger partial charge in [0.15, 0.2) is 5.78 Å². The van der Waals surface area contributed by atoms with Gasteiger partial charge in [0.05, 0.1) is 42.0 Å². The molecule has 1 amide bonds. The number of pyridine rings is 2. The lowest BCUT2D eigenvalue weighted by molar-refractivity contribution is -0.140. The molecule has 0 fully saturated rings. The number of aliphatic hydroxyl groups is 2. The highest BCUT2D eigenvalue weighted by atomic mass is 19.1. The number of hydrogen-bond acceptors (Lipinski definition) is 6. The van der Waals surface area contributed by atoms with E-state index in [2.05, 4.69) is 5.32 Å². The highest BCUT2D eigenvalue weighted by Gasteiger charge is 2.44. The molecule has 38 heavy (non-hydrogen) atoms. The van der Waals surface area contributed by atoms with Gasteiger partial charge in [-0.15, -0.1) is 0 Å². The molecule has 3 aliphatic rings. The van der Waals surface area contributed by atoms with Crippen LogP contribution in [0.4, 0.5) is 4.39 Å². The van der Waals surface area contributed by atoms with Crippen molar-refractivity contribution >= 4 is 22.6 Å². The summed E-state index contributed by atoms with van der Waals surface area (Å²) in [5, 5.41) is 24.8. The summed E-state index contributed by atoms with van der Waals surface area (Å²) in [7, 11) is 0. The van der Waals surface area contributed by atoms with Crippen LogP contribution in [0.5, 0.6) is 0 Å². The van der Waals surface area contributed by atoms with Crippen molar-refractivity contribution in [1.82, 2.24) is 14.9 Å². The lowest BCUT2D eigenvalue weighted by atomic mass is 9.77. The number of amides is 1. The molecule has 1 unspecified atom stereocenters. The Kier molecular flexibility index (Phi) is 5.59. The van der Waals surface area contributed by atoms with Gasteiger partial charge < -0.3 is 20.1 Å². The largest absolute Gasteiger partial charge is 0.393 e. The molecule has 198 valence electrons. The van der Waals surface area contributed by atoms with E-state index in [0.29, 0.717) is 46.4 Å². The van der Waals surface area contributed by atoms with Crippen LogP contribution >= 0.6 is 0 Å². The molecular formula is C29H30FN3O5. The highest BCUT2D eigenvalue weighted by Crippen LogP contribution is 2.46. The second-order valence-electron chi connectivity index (χ2n) is 10.9. The molecule has 2 aromatic heterocycles. The number of halogens is 1. The van der Waals surface area contributed by atoms with Gasteiger partial charge in [-0.1, -0.05) is 6.92 Å². The summed E-state index contributed by atoms with van der Waals surface area (Å²) in [5.74, 6) is -0.963. The van der Waals surface area contributed by atoms with Crippen molar-refractivity contribution in [2.75, 3.05) is 0 Å². The van der Waals surface area contributed by atoms with Crippen LogP contribution in [-0.2, 0) is 34.6 Å². The SMILES string of the molecule is CC[C@@]1(O)C(=O)CCc2c1cc1n(c2=O)Cc2c-1nc1cc(F)c(C)c3c1c2[C@@H](NC(=O)CC(C)O)CC3. The Balaban J connectivity index is 1.61. The number of hydrogen-bond donors (Lipinski definition) is 3. The number of benzene rings is 1. The van der Waals surface area contributed by atoms with Crippen LogP contribution in [0.15, 0.2) is 16.9 Å². The number of rotatable bonds is 4. The molecule has 3 aromatic rings. The first-order chi connectivity index (χ1) is 18.0. The topological polar surface area (TPSA) is 122 Å². The number of carbonyl (C=O) groups excluding carboxylic acids is 2. The average Bonchev–Trinajstić information content (AvgIpc) is 3.24. The maximum atomic E-state index is 15.0. The second-order valence-corrected chi connectivity index (χ2v) is 10.9. The first-order valence-electron chi connectivity index (χ1n) is 13.2. The normalized spacial score (nSPS) is 22.2. The van der Waals surface area contributed by atoms with Gasteiger partial charge in [0.1, 0.15) is 11.4 Å². The van der Waals surface area contributed by atoms with Gasteiger partial charge in [-0.2, -0.15) is 0 Å². The fourth-order valence-corrected chi connectivity index (χ4v) is 6.60. The monoisotopic (exact) mass is 519 g/mol. The van der Waals surface area contributed by atoms with Crippen molar-refractivity contribution in [2.45, 2.75) is 83.6 Å². The fourth-order valence-electron chi connectivity index (χ4n) is 6.60. The summed E-state index contributed by atoms with van der Waals surface area (Å²) >= 11 is 0. The van der Waals surface area contributed by atoms with E-state index >= 15 is 0 Å². The van der Waals surface area contributed by atoms with E-state index in [1.54, 1.807) is 31.4 Å². The molecule has 0 spiro atoms. The minimum atomic E-state index is -1.73. The molecule has 3 atom stereocenters. The zero-order valence-electron chi connectivity index (χ0n) is 21.7. The molecule has 0 saturated carbocycles. The van der Waals surface area contributed by atoms with Gasteiger partial charge >= 0.3 is 0 Å². The Labute approximate surface area is 218 Å². The highest BCUT2D eigenvalue weighted by molar-refractivity contribution is 5.94. The zero-order chi connectivity index (χ0) is 27.1. The zero-order valence-corrected chi connectivity index (χ0v) is 21.7. The van der Waals surface area contributed by atoms with E-state index in [1.165, 1.54) is 6.07 Å². The number of nitrogens with one attached hydrogen (secondary N) is 1. The number of aliphatic hydroxyl groups excluding tert-OH is 1. The van der Waals surface area contributed by atoms with Gasteiger partial charge in [0, 0.05) is 34.6 Å². The van der Waals surface area contributed by atoms with Crippen molar-refractivity contribution in [3.8, 4) is 11.4 Å². The average molecular weight is 520 g/mol. The number of aryl methyl sites for hydroxylation is 1. The molecule has 9 heteroatoms. The van der Waals surface area contributed by atoms with E-state index in [0.717, 1.165) is 22.1 Å². The van der Waals surface area contributed by atoms with Gasteiger partial charge in [-0.3, -0.25) is 14.4 Å². The summed E-state index contributed by atoms with van der Waals surface area (Å²) in [6.45, 7) is 5.24. The van der Waals surface area contributed by atoms with Crippen LogP contribution in [0.3, 0.4) is 0 Å². The van der Waals surface area contributed by atoms with Gasteiger partial charge in [-0.05, 0) is 62.3 Å². The van der Waals surface area contributed by atoms with Gasteiger partial charge in [-0.25, -0.2) is 9.37 Å². The third-order valence-corrected chi connectivity index (χ3v) is 8.57. The molecular weight excluding hydrogens is 489 g/mol. The molecule has 0 bridgehead atoms. The number of ketones is 1. The van der Waals surface area contributed by atoms with E-state index in [-0.39, 0.29) is 55.3 Å². The molecule has 3 N–H and O–H groups in total. The van der Waals surface area contributed by atoms with Gasteiger partial charge in [0.2, 0.25) is 5.91 Å². The van der Waals surface area contributed by atoms with Crippen LogP contribution in [0.25, 0.3) is 22.3 Å². The van der Waals surface area contributed by atoms with Crippen LogP contribution in [0, 0.1) is 12.7 Å².